The Labute approximate surface area is 188 Å². The van der Waals surface area contributed by atoms with Crippen molar-refractivity contribution in [1.29, 1.82) is 0 Å². The predicted octanol–water partition coefficient (Wildman–Crippen LogP) is 3.32. The summed E-state index contributed by atoms with van der Waals surface area (Å²) in [6.07, 6.45) is 0. The van der Waals surface area contributed by atoms with E-state index in [4.69, 9.17) is 9.47 Å². The average molecular weight is 441 g/mol. The molecule has 1 heterocycles. The summed E-state index contributed by atoms with van der Waals surface area (Å²) in [5, 5.41) is 0. The highest BCUT2D eigenvalue weighted by molar-refractivity contribution is 6.35. The Bertz CT molecular complexity index is 1010. The zero-order valence-corrected chi connectivity index (χ0v) is 19.0. The number of hydrogen-bond donors (Lipinski definition) is 0. The van der Waals surface area contributed by atoms with Crippen LogP contribution in [0.3, 0.4) is 0 Å². The van der Waals surface area contributed by atoms with Crippen LogP contribution in [0.4, 0.5) is 4.39 Å². The van der Waals surface area contributed by atoms with Crippen molar-refractivity contribution in [2.45, 2.75) is 20.4 Å². The lowest BCUT2D eigenvalue weighted by atomic mass is 9.97. The van der Waals surface area contributed by atoms with E-state index in [0.29, 0.717) is 43.1 Å². The number of amides is 2. The Morgan fingerprint density at radius 1 is 0.906 bits per heavy atom. The van der Waals surface area contributed by atoms with Gasteiger partial charge in [0.25, 0.3) is 11.8 Å². The number of methoxy groups -OCH3 is 2. The second-order valence-corrected chi connectivity index (χ2v) is 7.84. The highest BCUT2D eigenvalue weighted by Gasteiger charge is 2.41. The molecular weight excluding hydrogens is 411 g/mol. The Balaban J connectivity index is 2.07. The Kier molecular flexibility index (Phi) is 7.77. The third kappa shape index (κ3) is 5.06. The van der Waals surface area contributed by atoms with Gasteiger partial charge in [-0.25, -0.2) is 4.39 Å². The number of hydrogen-bond acceptors (Lipinski definition) is 5. The van der Waals surface area contributed by atoms with Gasteiger partial charge in [-0.05, 0) is 42.7 Å². The lowest BCUT2D eigenvalue weighted by Gasteiger charge is -2.26. The quantitative estimate of drug-likeness (QED) is 0.531. The van der Waals surface area contributed by atoms with E-state index < -0.39 is 0 Å². The molecular formula is C25H29FN2O4. The van der Waals surface area contributed by atoms with Crippen LogP contribution in [0.25, 0.3) is 5.57 Å². The first-order valence-electron chi connectivity index (χ1n) is 10.5. The van der Waals surface area contributed by atoms with Crippen molar-refractivity contribution in [3.05, 3.63) is 76.2 Å². The van der Waals surface area contributed by atoms with E-state index in [1.807, 2.05) is 36.9 Å². The molecule has 170 valence electrons. The van der Waals surface area contributed by atoms with Gasteiger partial charge in [-0.1, -0.05) is 35.9 Å². The molecule has 0 atom stereocenters. The molecule has 2 amide bonds. The van der Waals surface area contributed by atoms with Crippen LogP contribution in [0, 0.1) is 19.7 Å². The van der Waals surface area contributed by atoms with Gasteiger partial charge in [0.05, 0.1) is 25.3 Å². The molecule has 0 bridgehead atoms. The van der Waals surface area contributed by atoms with Gasteiger partial charge in [0, 0.05) is 27.3 Å². The molecule has 3 rings (SSSR count). The minimum atomic E-state index is -0.374. The summed E-state index contributed by atoms with van der Waals surface area (Å²) in [5.41, 5.74) is 4.12. The highest BCUT2D eigenvalue weighted by atomic mass is 19.1. The van der Waals surface area contributed by atoms with Gasteiger partial charge in [0.15, 0.2) is 0 Å². The Morgan fingerprint density at radius 2 is 1.53 bits per heavy atom. The standard InChI is InChI=1S/C25H29FN2O4/c1-17-5-10-21(18(2)15-17)22-23(27(11-13-31-3)12-14-32-4)25(30)28(24(22)29)16-19-6-8-20(26)9-7-19/h5-10,15H,11-14,16H2,1-4H3. The molecule has 1 aliphatic heterocycles. The molecule has 2 aromatic carbocycles. The number of nitrogens with zero attached hydrogens (tertiary/aromatic N) is 2. The van der Waals surface area contributed by atoms with Crippen LogP contribution in [-0.4, -0.2) is 62.1 Å². The first-order chi connectivity index (χ1) is 15.4. The summed E-state index contributed by atoms with van der Waals surface area (Å²) in [4.78, 5) is 30.2. The SMILES string of the molecule is COCCN(CCOC)C1=C(c2ccc(C)cc2C)C(=O)N(Cc2ccc(F)cc2)C1=O. The first-order valence-corrected chi connectivity index (χ1v) is 10.5. The number of benzene rings is 2. The summed E-state index contributed by atoms with van der Waals surface area (Å²) >= 11 is 0. The van der Waals surface area contributed by atoms with Crippen molar-refractivity contribution in [2.75, 3.05) is 40.5 Å². The highest BCUT2D eigenvalue weighted by Crippen LogP contribution is 2.34. The number of ether oxygens (including phenoxy) is 2. The lowest BCUT2D eigenvalue weighted by Crippen LogP contribution is -2.37. The van der Waals surface area contributed by atoms with Crippen molar-refractivity contribution in [1.82, 2.24) is 9.80 Å². The maximum Gasteiger partial charge on any atom is 0.278 e. The minimum absolute atomic E-state index is 0.0677. The Morgan fingerprint density at radius 3 is 2.09 bits per heavy atom. The van der Waals surface area contributed by atoms with E-state index in [1.54, 1.807) is 26.4 Å². The Hall–Kier alpha value is -3.03. The van der Waals surface area contributed by atoms with Crippen molar-refractivity contribution in [3.8, 4) is 0 Å². The van der Waals surface area contributed by atoms with Gasteiger partial charge >= 0.3 is 0 Å². The van der Waals surface area contributed by atoms with E-state index >= 15 is 0 Å². The third-order valence-corrected chi connectivity index (χ3v) is 5.50. The first kappa shape index (κ1) is 23.6. The molecule has 0 aromatic heterocycles. The summed E-state index contributed by atoms with van der Waals surface area (Å²) in [6.45, 7) is 5.65. The van der Waals surface area contributed by atoms with Crippen LogP contribution in [0.5, 0.6) is 0 Å². The van der Waals surface area contributed by atoms with Gasteiger partial charge in [0.2, 0.25) is 0 Å². The van der Waals surface area contributed by atoms with Crippen LogP contribution in [0.1, 0.15) is 22.3 Å². The lowest BCUT2D eigenvalue weighted by molar-refractivity contribution is -0.138. The van der Waals surface area contributed by atoms with Gasteiger partial charge < -0.3 is 14.4 Å². The molecule has 0 aliphatic carbocycles. The smallest absolute Gasteiger partial charge is 0.278 e. The molecule has 0 saturated carbocycles. The van der Waals surface area contributed by atoms with Gasteiger partial charge in [0.1, 0.15) is 11.5 Å². The van der Waals surface area contributed by atoms with Gasteiger partial charge in [-0.15, -0.1) is 0 Å². The topological polar surface area (TPSA) is 59.1 Å². The molecule has 1 aliphatic rings. The largest absolute Gasteiger partial charge is 0.383 e. The normalized spacial score (nSPS) is 14.0. The van der Waals surface area contributed by atoms with Gasteiger partial charge in [-0.3, -0.25) is 14.5 Å². The fourth-order valence-electron chi connectivity index (χ4n) is 3.85. The number of aryl methyl sites for hydroxylation is 2. The molecule has 0 unspecified atom stereocenters. The van der Waals surface area contributed by atoms with Crippen molar-refractivity contribution in [2.24, 2.45) is 0 Å². The van der Waals surface area contributed by atoms with Gasteiger partial charge in [-0.2, -0.15) is 0 Å². The maximum atomic E-state index is 13.6. The van der Waals surface area contributed by atoms with Crippen molar-refractivity contribution >= 4 is 17.4 Å². The van der Waals surface area contributed by atoms with E-state index in [-0.39, 0.29) is 24.2 Å². The summed E-state index contributed by atoms with van der Waals surface area (Å²) in [5.74, 6) is -1.10. The molecule has 0 N–H and O–H groups in total. The molecule has 7 heteroatoms. The van der Waals surface area contributed by atoms with Crippen LogP contribution < -0.4 is 0 Å². The number of carbonyl (C=O) groups excluding carboxylic acids is 2. The van der Waals surface area contributed by atoms with Crippen molar-refractivity contribution in [3.63, 3.8) is 0 Å². The predicted molar refractivity (Wildman–Crippen MR) is 120 cm³/mol. The van der Waals surface area contributed by atoms with Crippen LogP contribution in [-0.2, 0) is 25.6 Å². The molecule has 32 heavy (non-hydrogen) atoms. The van der Waals surface area contributed by atoms with E-state index in [9.17, 15) is 14.0 Å². The molecule has 6 nitrogen and oxygen atoms in total. The number of imide groups is 1. The third-order valence-electron chi connectivity index (χ3n) is 5.50. The fraction of sp³-hybridized carbons (Fsp3) is 0.360. The molecule has 0 saturated heterocycles. The molecule has 0 radical (unpaired) electrons. The number of halogens is 1. The molecule has 2 aromatic rings. The number of rotatable bonds is 10. The summed E-state index contributed by atoms with van der Waals surface area (Å²) in [6, 6.07) is 11.6. The zero-order chi connectivity index (χ0) is 23.3. The zero-order valence-electron chi connectivity index (χ0n) is 19.0. The van der Waals surface area contributed by atoms with Crippen LogP contribution in [0.2, 0.25) is 0 Å². The maximum absolute atomic E-state index is 13.6. The second-order valence-electron chi connectivity index (χ2n) is 7.84. The average Bonchev–Trinajstić information content (AvgIpc) is 3.00. The van der Waals surface area contributed by atoms with E-state index in [2.05, 4.69) is 0 Å². The van der Waals surface area contributed by atoms with E-state index in [0.717, 1.165) is 16.7 Å². The fourth-order valence-corrected chi connectivity index (χ4v) is 3.85. The summed E-state index contributed by atoms with van der Waals surface area (Å²) < 4.78 is 23.8. The van der Waals surface area contributed by atoms with Crippen LogP contribution >= 0.6 is 0 Å². The molecule has 0 spiro atoms. The van der Waals surface area contributed by atoms with E-state index in [1.165, 1.54) is 17.0 Å². The summed E-state index contributed by atoms with van der Waals surface area (Å²) in [7, 11) is 3.19. The second kappa shape index (κ2) is 10.5. The monoisotopic (exact) mass is 440 g/mol. The van der Waals surface area contributed by atoms with Crippen LogP contribution in [0.15, 0.2) is 48.2 Å². The molecule has 0 fully saturated rings. The minimum Gasteiger partial charge on any atom is -0.383 e. The van der Waals surface area contributed by atoms with Crippen molar-refractivity contribution < 1.29 is 23.5 Å². The number of carbonyl (C=O) groups is 2.